The predicted molar refractivity (Wildman–Crippen MR) is 65.0 cm³/mol. The summed E-state index contributed by atoms with van der Waals surface area (Å²) in [6, 6.07) is 1.87. The first-order valence-electron chi connectivity index (χ1n) is 6.57. The Kier molecular flexibility index (Phi) is 2.66. The molecule has 2 N–H and O–H groups in total. The molecule has 2 fully saturated rings. The zero-order valence-electron chi connectivity index (χ0n) is 10.1. The van der Waals surface area contributed by atoms with E-state index in [0.29, 0.717) is 17.9 Å². The molecule has 0 radical (unpaired) electrons. The fraction of sp³-hybridized carbons (Fsp3) is 0.643. The van der Waals surface area contributed by atoms with E-state index in [1.54, 1.807) is 0 Å². The molecule has 1 aromatic rings. The topological polar surface area (TPSA) is 38.9 Å². The number of pyridine rings is 1. The SMILES string of the molecule is NCc1cc(C2CCC3(CC2)CC3)c(F)cn1. The van der Waals surface area contributed by atoms with Crippen molar-refractivity contribution >= 4 is 0 Å². The van der Waals surface area contributed by atoms with E-state index in [2.05, 4.69) is 4.98 Å². The average molecular weight is 234 g/mol. The van der Waals surface area contributed by atoms with E-state index < -0.39 is 0 Å². The minimum Gasteiger partial charge on any atom is -0.325 e. The third-order valence-corrected chi connectivity index (χ3v) is 4.59. The Labute approximate surface area is 101 Å². The van der Waals surface area contributed by atoms with Gasteiger partial charge in [0.15, 0.2) is 0 Å². The first kappa shape index (κ1) is 11.1. The minimum atomic E-state index is -0.154. The standard InChI is InChI=1S/C14H19FN2/c15-13-9-17-11(8-16)7-12(13)10-1-3-14(4-2-10)5-6-14/h7,9-10H,1-6,8,16H2. The van der Waals surface area contributed by atoms with Gasteiger partial charge in [0.2, 0.25) is 0 Å². The monoisotopic (exact) mass is 234 g/mol. The Morgan fingerprint density at radius 3 is 2.59 bits per heavy atom. The number of halogens is 1. The maximum atomic E-state index is 13.8. The predicted octanol–water partition coefficient (Wildman–Crippen LogP) is 3.12. The van der Waals surface area contributed by atoms with Crippen LogP contribution >= 0.6 is 0 Å². The van der Waals surface area contributed by atoms with E-state index in [9.17, 15) is 4.39 Å². The maximum absolute atomic E-state index is 13.8. The summed E-state index contributed by atoms with van der Waals surface area (Å²) in [6.07, 6.45) is 8.93. The quantitative estimate of drug-likeness (QED) is 0.854. The first-order chi connectivity index (χ1) is 8.22. The van der Waals surface area contributed by atoms with E-state index in [1.165, 1.54) is 31.9 Å². The average Bonchev–Trinajstić information content (AvgIpc) is 3.11. The van der Waals surface area contributed by atoms with Crippen molar-refractivity contribution in [1.82, 2.24) is 4.98 Å². The van der Waals surface area contributed by atoms with Gasteiger partial charge in [-0.25, -0.2) is 4.39 Å². The van der Waals surface area contributed by atoms with E-state index in [1.807, 2.05) is 6.07 Å². The van der Waals surface area contributed by atoms with Crippen molar-refractivity contribution in [3.8, 4) is 0 Å². The summed E-state index contributed by atoms with van der Waals surface area (Å²) in [6.45, 7) is 0.393. The normalized spacial score (nSPS) is 22.9. The summed E-state index contributed by atoms with van der Waals surface area (Å²) < 4.78 is 13.8. The highest BCUT2D eigenvalue weighted by atomic mass is 19.1. The van der Waals surface area contributed by atoms with Gasteiger partial charge in [0.05, 0.1) is 11.9 Å². The van der Waals surface area contributed by atoms with Gasteiger partial charge >= 0.3 is 0 Å². The van der Waals surface area contributed by atoms with Crippen molar-refractivity contribution < 1.29 is 4.39 Å². The van der Waals surface area contributed by atoms with Crippen LogP contribution in [0.5, 0.6) is 0 Å². The second-order valence-electron chi connectivity index (χ2n) is 5.68. The molecule has 0 unspecified atom stereocenters. The van der Waals surface area contributed by atoms with Gasteiger partial charge in [-0.15, -0.1) is 0 Å². The Balaban J connectivity index is 1.79. The van der Waals surface area contributed by atoms with Crippen molar-refractivity contribution in [1.29, 1.82) is 0 Å². The lowest BCUT2D eigenvalue weighted by Crippen LogP contribution is -2.15. The number of aromatic nitrogens is 1. The lowest BCUT2D eigenvalue weighted by atomic mass is 9.77. The molecule has 2 aliphatic rings. The molecule has 2 saturated carbocycles. The summed E-state index contributed by atoms with van der Waals surface area (Å²) in [4.78, 5) is 3.99. The molecule has 92 valence electrons. The van der Waals surface area contributed by atoms with E-state index >= 15 is 0 Å². The molecule has 0 bridgehead atoms. The lowest BCUT2D eigenvalue weighted by molar-refractivity contribution is 0.301. The van der Waals surface area contributed by atoms with Crippen LogP contribution in [0.25, 0.3) is 0 Å². The molecule has 0 amide bonds. The zero-order valence-corrected chi connectivity index (χ0v) is 10.1. The second kappa shape index (κ2) is 4.05. The Morgan fingerprint density at radius 2 is 2.00 bits per heavy atom. The summed E-state index contributed by atoms with van der Waals surface area (Å²) in [7, 11) is 0. The number of rotatable bonds is 2. The number of nitrogens with zero attached hydrogens (tertiary/aromatic N) is 1. The van der Waals surface area contributed by atoms with Crippen LogP contribution in [0, 0.1) is 11.2 Å². The van der Waals surface area contributed by atoms with Gasteiger partial charge in [-0.1, -0.05) is 0 Å². The molecule has 1 heterocycles. The first-order valence-corrected chi connectivity index (χ1v) is 6.57. The van der Waals surface area contributed by atoms with E-state index in [-0.39, 0.29) is 5.82 Å². The third kappa shape index (κ3) is 2.08. The fourth-order valence-corrected chi connectivity index (χ4v) is 3.14. The van der Waals surface area contributed by atoms with Crippen LogP contribution in [-0.4, -0.2) is 4.98 Å². The van der Waals surface area contributed by atoms with Gasteiger partial charge in [-0.3, -0.25) is 4.98 Å². The van der Waals surface area contributed by atoms with Gasteiger partial charge in [-0.2, -0.15) is 0 Å². The largest absolute Gasteiger partial charge is 0.325 e. The van der Waals surface area contributed by atoms with Crippen molar-refractivity contribution in [2.75, 3.05) is 0 Å². The smallest absolute Gasteiger partial charge is 0.144 e. The van der Waals surface area contributed by atoms with Crippen LogP contribution in [0.1, 0.15) is 55.7 Å². The molecule has 0 aromatic carbocycles. The van der Waals surface area contributed by atoms with Crippen LogP contribution < -0.4 is 5.73 Å². The van der Waals surface area contributed by atoms with Crippen LogP contribution in [0.15, 0.2) is 12.3 Å². The summed E-state index contributed by atoms with van der Waals surface area (Å²) >= 11 is 0. The molecule has 2 aliphatic carbocycles. The lowest BCUT2D eigenvalue weighted by Gasteiger charge is -2.29. The van der Waals surface area contributed by atoms with Crippen LogP contribution in [-0.2, 0) is 6.54 Å². The highest BCUT2D eigenvalue weighted by molar-refractivity contribution is 5.23. The van der Waals surface area contributed by atoms with Crippen molar-refractivity contribution in [3.63, 3.8) is 0 Å². The van der Waals surface area contributed by atoms with E-state index in [4.69, 9.17) is 5.73 Å². The number of hydrogen-bond acceptors (Lipinski definition) is 2. The molecule has 17 heavy (non-hydrogen) atoms. The van der Waals surface area contributed by atoms with Crippen LogP contribution in [0.4, 0.5) is 4.39 Å². The fourth-order valence-electron chi connectivity index (χ4n) is 3.14. The highest BCUT2D eigenvalue weighted by Gasteiger charge is 2.45. The second-order valence-corrected chi connectivity index (χ2v) is 5.68. The molecule has 0 saturated heterocycles. The molecule has 1 aromatic heterocycles. The van der Waals surface area contributed by atoms with Crippen LogP contribution in [0.3, 0.4) is 0 Å². The summed E-state index contributed by atoms with van der Waals surface area (Å²) in [5.41, 5.74) is 7.87. The third-order valence-electron chi connectivity index (χ3n) is 4.59. The Hall–Kier alpha value is -0.960. The minimum absolute atomic E-state index is 0.154. The number of nitrogens with two attached hydrogens (primary N) is 1. The molecule has 2 nitrogen and oxygen atoms in total. The molecule has 1 spiro atoms. The molecule has 0 aliphatic heterocycles. The summed E-state index contributed by atoms with van der Waals surface area (Å²) in [5, 5.41) is 0. The van der Waals surface area contributed by atoms with Crippen molar-refractivity contribution in [3.05, 3.63) is 29.3 Å². The number of hydrogen-bond donors (Lipinski definition) is 1. The highest BCUT2D eigenvalue weighted by Crippen LogP contribution is 2.58. The van der Waals surface area contributed by atoms with Gasteiger partial charge in [0.25, 0.3) is 0 Å². The molecular formula is C14H19FN2. The molecular weight excluding hydrogens is 215 g/mol. The van der Waals surface area contributed by atoms with Crippen LogP contribution in [0.2, 0.25) is 0 Å². The molecule has 0 atom stereocenters. The van der Waals surface area contributed by atoms with Gasteiger partial charge in [-0.05, 0) is 61.5 Å². The van der Waals surface area contributed by atoms with Crippen molar-refractivity contribution in [2.24, 2.45) is 11.1 Å². The summed E-state index contributed by atoms with van der Waals surface area (Å²) in [5.74, 6) is 0.230. The zero-order chi connectivity index (χ0) is 11.9. The molecule has 3 heteroatoms. The van der Waals surface area contributed by atoms with Gasteiger partial charge in [0, 0.05) is 6.54 Å². The van der Waals surface area contributed by atoms with Gasteiger partial charge < -0.3 is 5.73 Å². The van der Waals surface area contributed by atoms with Crippen molar-refractivity contribution in [2.45, 2.75) is 51.0 Å². The van der Waals surface area contributed by atoms with Gasteiger partial charge in [0.1, 0.15) is 5.82 Å². The van der Waals surface area contributed by atoms with E-state index in [0.717, 1.165) is 24.1 Å². The Morgan fingerprint density at radius 1 is 1.29 bits per heavy atom. The molecule has 3 rings (SSSR count). The Bertz CT molecular complexity index is 416. The maximum Gasteiger partial charge on any atom is 0.144 e.